The van der Waals surface area contributed by atoms with Crippen molar-refractivity contribution >= 4 is 24.1 Å². The summed E-state index contributed by atoms with van der Waals surface area (Å²) in [7, 11) is 0. The zero-order valence-electron chi connectivity index (χ0n) is 14.4. The fourth-order valence-electron chi connectivity index (χ4n) is 1.86. The molecule has 0 saturated carbocycles. The van der Waals surface area contributed by atoms with Crippen molar-refractivity contribution in [1.82, 2.24) is 5.32 Å². The molecule has 0 bridgehead atoms. The van der Waals surface area contributed by atoms with Gasteiger partial charge in [-0.1, -0.05) is 26.0 Å². The molecular formula is C17H27ClN2O3. The third kappa shape index (κ3) is 5.84. The number of hydrogen-bond donors (Lipinski definition) is 2. The van der Waals surface area contributed by atoms with E-state index >= 15 is 0 Å². The minimum atomic E-state index is -0.674. The van der Waals surface area contributed by atoms with E-state index in [4.69, 9.17) is 10.5 Å². The molecule has 0 aliphatic heterocycles. The smallest absolute Gasteiger partial charge is 0.261 e. The van der Waals surface area contributed by atoms with E-state index in [1.54, 1.807) is 31.2 Å². The number of ether oxygens (including phenoxy) is 1. The van der Waals surface area contributed by atoms with E-state index in [2.05, 4.69) is 5.32 Å². The quantitative estimate of drug-likeness (QED) is 0.746. The Morgan fingerprint density at radius 1 is 1.30 bits per heavy atom. The lowest BCUT2D eigenvalue weighted by Crippen LogP contribution is -2.57. The third-order valence-electron chi connectivity index (χ3n) is 4.03. The Balaban J connectivity index is 0.00000484. The number of benzene rings is 1. The summed E-state index contributed by atoms with van der Waals surface area (Å²) in [5, 5.41) is 2.94. The fraction of sp³-hybridized carbons (Fsp3) is 0.529. The molecule has 23 heavy (non-hydrogen) atoms. The van der Waals surface area contributed by atoms with Crippen LogP contribution in [0.15, 0.2) is 24.3 Å². The highest BCUT2D eigenvalue weighted by atomic mass is 35.5. The van der Waals surface area contributed by atoms with E-state index in [-0.39, 0.29) is 30.0 Å². The maximum absolute atomic E-state index is 12.3. The van der Waals surface area contributed by atoms with Gasteiger partial charge in [0.1, 0.15) is 5.75 Å². The van der Waals surface area contributed by atoms with Crippen molar-refractivity contribution in [2.45, 2.75) is 46.3 Å². The molecule has 2 atom stereocenters. The summed E-state index contributed by atoms with van der Waals surface area (Å²) >= 11 is 0. The first-order chi connectivity index (χ1) is 10.2. The number of amides is 1. The minimum Gasteiger partial charge on any atom is -0.481 e. The zero-order valence-corrected chi connectivity index (χ0v) is 15.2. The van der Waals surface area contributed by atoms with Crippen LogP contribution in [0.1, 0.15) is 45.0 Å². The third-order valence-corrected chi connectivity index (χ3v) is 4.03. The predicted octanol–water partition coefficient (Wildman–Crippen LogP) is 2.57. The number of ketones is 1. The van der Waals surface area contributed by atoms with E-state index in [1.807, 2.05) is 20.8 Å². The number of halogens is 1. The van der Waals surface area contributed by atoms with Crippen molar-refractivity contribution in [2.75, 3.05) is 6.54 Å². The Bertz CT molecular complexity index is 548. The number of Topliss-reactive ketones (excluding diaryl/α,β-unsaturated/α-hetero) is 1. The first-order valence-corrected chi connectivity index (χ1v) is 7.49. The van der Waals surface area contributed by atoms with Gasteiger partial charge in [-0.3, -0.25) is 9.59 Å². The molecule has 0 saturated heterocycles. The van der Waals surface area contributed by atoms with Gasteiger partial charge in [0.25, 0.3) is 5.91 Å². The second-order valence-electron chi connectivity index (χ2n) is 6.11. The monoisotopic (exact) mass is 342 g/mol. The Kier molecular flexibility index (Phi) is 8.28. The minimum absolute atomic E-state index is 0. The molecule has 3 N–H and O–H groups in total. The lowest BCUT2D eigenvalue weighted by atomic mass is 9.88. The molecule has 0 heterocycles. The molecule has 2 unspecified atom stereocenters. The van der Waals surface area contributed by atoms with Crippen LogP contribution < -0.4 is 15.8 Å². The largest absolute Gasteiger partial charge is 0.481 e. The van der Waals surface area contributed by atoms with Gasteiger partial charge in [-0.15, -0.1) is 12.4 Å². The highest BCUT2D eigenvalue weighted by molar-refractivity contribution is 5.94. The summed E-state index contributed by atoms with van der Waals surface area (Å²) in [5.74, 6) is 0.428. The number of rotatable bonds is 7. The van der Waals surface area contributed by atoms with Gasteiger partial charge >= 0.3 is 0 Å². The molecule has 1 amide bonds. The highest BCUT2D eigenvalue weighted by Crippen LogP contribution is 2.18. The SMILES string of the molecule is CC(=O)c1cccc(OC(C)C(=O)NC(C)(CN)C(C)C)c1.Cl. The molecule has 0 spiro atoms. The van der Waals surface area contributed by atoms with Crippen LogP contribution in [0.5, 0.6) is 5.75 Å². The molecule has 5 nitrogen and oxygen atoms in total. The first kappa shape index (κ1) is 21.4. The van der Waals surface area contributed by atoms with Gasteiger partial charge in [0, 0.05) is 12.1 Å². The second-order valence-corrected chi connectivity index (χ2v) is 6.11. The van der Waals surface area contributed by atoms with Crippen LogP contribution in [0.3, 0.4) is 0 Å². The molecule has 6 heteroatoms. The van der Waals surface area contributed by atoms with E-state index in [1.165, 1.54) is 6.92 Å². The maximum Gasteiger partial charge on any atom is 0.261 e. The molecule has 0 aliphatic rings. The maximum atomic E-state index is 12.3. The van der Waals surface area contributed by atoms with Gasteiger partial charge in [-0.2, -0.15) is 0 Å². The Morgan fingerprint density at radius 2 is 1.91 bits per heavy atom. The van der Waals surface area contributed by atoms with Crippen molar-refractivity contribution in [3.05, 3.63) is 29.8 Å². The average Bonchev–Trinajstić information content (AvgIpc) is 2.46. The van der Waals surface area contributed by atoms with Crippen molar-refractivity contribution < 1.29 is 14.3 Å². The van der Waals surface area contributed by atoms with Crippen LogP contribution in [0.4, 0.5) is 0 Å². The van der Waals surface area contributed by atoms with Crippen LogP contribution in [-0.2, 0) is 4.79 Å². The van der Waals surface area contributed by atoms with Crippen LogP contribution in [0.25, 0.3) is 0 Å². The molecular weight excluding hydrogens is 316 g/mol. The molecule has 1 rings (SSSR count). The van der Waals surface area contributed by atoms with Crippen molar-refractivity contribution in [3.63, 3.8) is 0 Å². The van der Waals surface area contributed by atoms with Crippen LogP contribution in [0, 0.1) is 5.92 Å². The number of carbonyl (C=O) groups excluding carboxylic acids is 2. The Hall–Kier alpha value is -1.59. The zero-order chi connectivity index (χ0) is 16.9. The molecule has 0 aliphatic carbocycles. The molecule has 0 aromatic heterocycles. The molecule has 0 radical (unpaired) electrons. The van der Waals surface area contributed by atoms with Gasteiger partial charge in [0.2, 0.25) is 0 Å². The summed E-state index contributed by atoms with van der Waals surface area (Å²) in [4.78, 5) is 23.7. The second kappa shape index (κ2) is 8.89. The summed E-state index contributed by atoms with van der Waals surface area (Å²) in [6.07, 6.45) is -0.674. The average molecular weight is 343 g/mol. The summed E-state index contributed by atoms with van der Waals surface area (Å²) < 4.78 is 5.63. The van der Waals surface area contributed by atoms with Crippen LogP contribution >= 0.6 is 12.4 Å². The number of carbonyl (C=O) groups is 2. The van der Waals surface area contributed by atoms with E-state index < -0.39 is 11.6 Å². The van der Waals surface area contributed by atoms with Crippen molar-refractivity contribution in [3.8, 4) is 5.75 Å². The van der Waals surface area contributed by atoms with E-state index in [0.29, 0.717) is 17.9 Å². The Morgan fingerprint density at radius 3 is 2.39 bits per heavy atom. The van der Waals surface area contributed by atoms with Gasteiger partial charge in [0.15, 0.2) is 11.9 Å². The number of nitrogens with one attached hydrogen (secondary N) is 1. The predicted molar refractivity (Wildman–Crippen MR) is 94.2 cm³/mol. The molecule has 1 aromatic rings. The Labute approximate surface area is 144 Å². The first-order valence-electron chi connectivity index (χ1n) is 7.49. The van der Waals surface area contributed by atoms with Crippen molar-refractivity contribution in [1.29, 1.82) is 0 Å². The summed E-state index contributed by atoms with van der Waals surface area (Å²) in [6.45, 7) is 9.45. The highest BCUT2D eigenvalue weighted by Gasteiger charge is 2.30. The topological polar surface area (TPSA) is 81.4 Å². The van der Waals surface area contributed by atoms with Gasteiger partial charge in [-0.05, 0) is 38.8 Å². The van der Waals surface area contributed by atoms with E-state index in [9.17, 15) is 9.59 Å². The lowest BCUT2D eigenvalue weighted by molar-refractivity contribution is -0.129. The normalized spacial score (nSPS) is 14.4. The van der Waals surface area contributed by atoms with Gasteiger partial charge in [-0.25, -0.2) is 0 Å². The molecule has 1 aromatic carbocycles. The number of hydrogen-bond acceptors (Lipinski definition) is 4. The van der Waals surface area contributed by atoms with Gasteiger partial charge < -0.3 is 15.8 Å². The lowest BCUT2D eigenvalue weighted by Gasteiger charge is -2.34. The fourth-order valence-corrected chi connectivity index (χ4v) is 1.86. The van der Waals surface area contributed by atoms with Gasteiger partial charge in [0.05, 0.1) is 5.54 Å². The van der Waals surface area contributed by atoms with Crippen LogP contribution in [-0.4, -0.2) is 29.9 Å². The van der Waals surface area contributed by atoms with E-state index in [0.717, 1.165) is 0 Å². The van der Waals surface area contributed by atoms with Crippen LogP contribution in [0.2, 0.25) is 0 Å². The standard InChI is InChI=1S/C17H26N2O3.ClH/c1-11(2)17(5,10-18)19-16(21)13(4)22-15-8-6-7-14(9-15)12(3)20;/h6-9,11,13H,10,18H2,1-5H3,(H,19,21);1H. The number of nitrogens with two attached hydrogens (primary N) is 1. The molecule has 130 valence electrons. The summed E-state index contributed by atoms with van der Waals surface area (Å²) in [6, 6.07) is 6.80. The summed E-state index contributed by atoms with van der Waals surface area (Å²) in [5.41, 5.74) is 5.85. The molecule has 0 fully saturated rings. The van der Waals surface area contributed by atoms with Crippen molar-refractivity contribution in [2.24, 2.45) is 11.7 Å².